The molecule has 0 saturated heterocycles. The molecule has 2 rings (SSSR count). The van der Waals surface area contributed by atoms with E-state index < -0.39 is 0 Å². The Balaban J connectivity index is 2.33. The minimum Gasteiger partial charge on any atom is -0.392 e. The molecule has 0 unspecified atom stereocenters. The topological polar surface area (TPSA) is 48.9 Å². The molecule has 0 aliphatic heterocycles. The first-order valence-corrected chi connectivity index (χ1v) is 4.09. The van der Waals surface area contributed by atoms with Gasteiger partial charge in [0.1, 0.15) is 5.82 Å². The number of nitrogens with zero attached hydrogens (tertiary/aromatic N) is 1. The van der Waals surface area contributed by atoms with Crippen molar-refractivity contribution >= 4 is 0 Å². The average Bonchev–Trinajstić information content (AvgIpc) is 2.71. The highest BCUT2D eigenvalue weighted by atomic mass is 16.3. The van der Waals surface area contributed by atoms with E-state index in [1.54, 1.807) is 12.4 Å². The van der Waals surface area contributed by atoms with E-state index in [2.05, 4.69) is 9.97 Å². The van der Waals surface area contributed by atoms with Gasteiger partial charge in [0.2, 0.25) is 0 Å². The molecule has 0 radical (unpaired) electrons. The van der Waals surface area contributed by atoms with Gasteiger partial charge < -0.3 is 10.1 Å². The summed E-state index contributed by atoms with van der Waals surface area (Å²) in [6, 6.07) is 7.64. The maximum Gasteiger partial charge on any atom is 0.137 e. The van der Waals surface area contributed by atoms with Crippen LogP contribution >= 0.6 is 0 Å². The summed E-state index contributed by atoms with van der Waals surface area (Å²) in [4.78, 5) is 7.14. The van der Waals surface area contributed by atoms with Gasteiger partial charge in [-0.25, -0.2) is 4.98 Å². The van der Waals surface area contributed by atoms with Gasteiger partial charge in [-0.3, -0.25) is 0 Å². The molecule has 3 nitrogen and oxygen atoms in total. The fraction of sp³-hybridized carbons (Fsp3) is 0.100. The summed E-state index contributed by atoms with van der Waals surface area (Å²) in [7, 11) is 0. The number of aliphatic hydroxyl groups excluding tert-OH is 1. The molecule has 66 valence electrons. The number of aromatic nitrogens is 2. The summed E-state index contributed by atoms with van der Waals surface area (Å²) in [5, 5.41) is 8.84. The van der Waals surface area contributed by atoms with Crippen LogP contribution in [0.5, 0.6) is 0 Å². The molecule has 0 saturated carbocycles. The second-order valence-corrected chi connectivity index (χ2v) is 2.79. The third kappa shape index (κ3) is 1.60. The summed E-state index contributed by atoms with van der Waals surface area (Å²) in [5.74, 6) is 0.851. The molecule has 1 heterocycles. The lowest BCUT2D eigenvalue weighted by Gasteiger charge is -1.98. The van der Waals surface area contributed by atoms with Crippen molar-refractivity contribution in [1.82, 2.24) is 9.97 Å². The van der Waals surface area contributed by atoms with Crippen molar-refractivity contribution in [1.29, 1.82) is 0 Å². The molecule has 1 aromatic carbocycles. The van der Waals surface area contributed by atoms with Gasteiger partial charge in [-0.2, -0.15) is 0 Å². The number of hydrogen-bond acceptors (Lipinski definition) is 2. The van der Waals surface area contributed by atoms with Crippen LogP contribution in [-0.2, 0) is 6.61 Å². The molecular weight excluding hydrogens is 164 g/mol. The van der Waals surface area contributed by atoms with Gasteiger partial charge in [-0.05, 0) is 5.56 Å². The van der Waals surface area contributed by atoms with Gasteiger partial charge in [0.05, 0.1) is 6.61 Å². The van der Waals surface area contributed by atoms with E-state index >= 15 is 0 Å². The number of rotatable bonds is 2. The van der Waals surface area contributed by atoms with Gasteiger partial charge in [0.15, 0.2) is 0 Å². The SMILES string of the molecule is OCc1ccc(-c2ncc[nH]2)cc1. The number of imidazole rings is 1. The number of nitrogens with one attached hydrogen (secondary N) is 1. The minimum atomic E-state index is 0.0818. The highest BCUT2D eigenvalue weighted by molar-refractivity contribution is 5.54. The van der Waals surface area contributed by atoms with Crippen LogP contribution < -0.4 is 0 Å². The number of hydrogen-bond donors (Lipinski definition) is 2. The first kappa shape index (κ1) is 8.01. The maximum atomic E-state index is 8.84. The lowest BCUT2D eigenvalue weighted by molar-refractivity contribution is 0.282. The molecule has 0 fully saturated rings. The van der Waals surface area contributed by atoms with E-state index in [-0.39, 0.29) is 6.61 Å². The summed E-state index contributed by atoms with van der Waals surface area (Å²) < 4.78 is 0. The molecule has 0 amide bonds. The van der Waals surface area contributed by atoms with Gasteiger partial charge >= 0.3 is 0 Å². The maximum absolute atomic E-state index is 8.84. The lowest BCUT2D eigenvalue weighted by Crippen LogP contribution is -1.84. The van der Waals surface area contributed by atoms with Crippen molar-refractivity contribution in [3.63, 3.8) is 0 Å². The average molecular weight is 174 g/mol. The first-order chi connectivity index (χ1) is 6.40. The molecule has 2 aromatic rings. The Morgan fingerprint density at radius 2 is 2.00 bits per heavy atom. The summed E-state index contributed by atoms with van der Waals surface area (Å²) in [6.45, 7) is 0.0818. The smallest absolute Gasteiger partial charge is 0.137 e. The lowest BCUT2D eigenvalue weighted by atomic mass is 10.1. The standard InChI is InChI=1S/C10H10N2O/c13-7-8-1-3-9(4-2-8)10-11-5-6-12-10/h1-6,13H,7H2,(H,11,12). The zero-order valence-electron chi connectivity index (χ0n) is 7.07. The van der Waals surface area contributed by atoms with Crippen LogP contribution in [0, 0.1) is 0 Å². The van der Waals surface area contributed by atoms with Crippen LogP contribution in [0.4, 0.5) is 0 Å². The van der Waals surface area contributed by atoms with Crippen LogP contribution in [0.15, 0.2) is 36.7 Å². The normalized spacial score (nSPS) is 10.2. The predicted molar refractivity (Wildman–Crippen MR) is 49.9 cm³/mol. The van der Waals surface area contributed by atoms with Crippen molar-refractivity contribution in [2.45, 2.75) is 6.61 Å². The van der Waals surface area contributed by atoms with E-state index in [1.807, 2.05) is 24.3 Å². The van der Waals surface area contributed by atoms with Crippen LogP contribution in [0.25, 0.3) is 11.4 Å². The first-order valence-electron chi connectivity index (χ1n) is 4.09. The molecule has 0 atom stereocenters. The van der Waals surface area contributed by atoms with E-state index in [9.17, 15) is 0 Å². The third-order valence-corrected chi connectivity index (χ3v) is 1.91. The fourth-order valence-corrected chi connectivity index (χ4v) is 1.19. The predicted octanol–water partition coefficient (Wildman–Crippen LogP) is 1.57. The molecule has 0 spiro atoms. The van der Waals surface area contributed by atoms with E-state index in [1.165, 1.54) is 0 Å². The van der Waals surface area contributed by atoms with Crippen LogP contribution in [0.3, 0.4) is 0 Å². The molecule has 13 heavy (non-hydrogen) atoms. The minimum absolute atomic E-state index is 0.0818. The molecule has 0 aliphatic rings. The van der Waals surface area contributed by atoms with Gasteiger partial charge in [0.25, 0.3) is 0 Å². The third-order valence-electron chi connectivity index (χ3n) is 1.91. The largest absolute Gasteiger partial charge is 0.392 e. The Bertz CT molecular complexity index is 364. The Kier molecular flexibility index (Phi) is 2.10. The number of aliphatic hydroxyl groups is 1. The molecular formula is C10H10N2O. The van der Waals surface area contributed by atoms with Crippen molar-refractivity contribution in [3.05, 3.63) is 42.2 Å². The molecule has 3 heteroatoms. The highest BCUT2D eigenvalue weighted by Gasteiger charge is 1.98. The molecule has 0 bridgehead atoms. The highest BCUT2D eigenvalue weighted by Crippen LogP contribution is 2.14. The van der Waals surface area contributed by atoms with Gasteiger partial charge in [-0.1, -0.05) is 24.3 Å². The van der Waals surface area contributed by atoms with Crippen LogP contribution in [0.1, 0.15) is 5.56 Å². The second-order valence-electron chi connectivity index (χ2n) is 2.79. The zero-order chi connectivity index (χ0) is 9.10. The number of aromatic amines is 1. The summed E-state index contributed by atoms with van der Waals surface area (Å²) in [6.07, 6.45) is 3.50. The molecule has 0 aliphatic carbocycles. The zero-order valence-corrected chi connectivity index (χ0v) is 7.07. The Hall–Kier alpha value is -1.61. The van der Waals surface area contributed by atoms with Crippen LogP contribution in [-0.4, -0.2) is 15.1 Å². The van der Waals surface area contributed by atoms with E-state index in [0.717, 1.165) is 17.0 Å². The Labute approximate surface area is 76.1 Å². The Morgan fingerprint density at radius 3 is 2.54 bits per heavy atom. The van der Waals surface area contributed by atoms with E-state index in [4.69, 9.17) is 5.11 Å². The van der Waals surface area contributed by atoms with Crippen molar-refractivity contribution in [2.75, 3.05) is 0 Å². The van der Waals surface area contributed by atoms with Crippen molar-refractivity contribution in [3.8, 4) is 11.4 Å². The fourth-order valence-electron chi connectivity index (χ4n) is 1.19. The number of H-pyrrole nitrogens is 1. The Morgan fingerprint density at radius 1 is 1.23 bits per heavy atom. The van der Waals surface area contributed by atoms with Gasteiger partial charge in [0, 0.05) is 18.0 Å². The quantitative estimate of drug-likeness (QED) is 0.726. The van der Waals surface area contributed by atoms with Crippen LogP contribution in [0.2, 0.25) is 0 Å². The monoisotopic (exact) mass is 174 g/mol. The van der Waals surface area contributed by atoms with Gasteiger partial charge in [-0.15, -0.1) is 0 Å². The number of benzene rings is 1. The van der Waals surface area contributed by atoms with Crippen molar-refractivity contribution < 1.29 is 5.11 Å². The summed E-state index contributed by atoms with van der Waals surface area (Å²) in [5.41, 5.74) is 1.94. The summed E-state index contributed by atoms with van der Waals surface area (Å²) >= 11 is 0. The second kappa shape index (κ2) is 3.41. The molecule has 1 aromatic heterocycles. The van der Waals surface area contributed by atoms with Crippen molar-refractivity contribution in [2.24, 2.45) is 0 Å². The molecule has 2 N–H and O–H groups in total. The van der Waals surface area contributed by atoms with E-state index in [0.29, 0.717) is 0 Å².